The van der Waals surface area contributed by atoms with Gasteiger partial charge in [-0.1, -0.05) is 30.7 Å². The second kappa shape index (κ2) is 11.1. The lowest BCUT2D eigenvalue weighted by molar-refractivity contribution is 0.0637. The van der Waals surface area contributed by atoms with E-state index in [0.29, 0.717) is 16.8 Å². The number of piperidine rings is 1. The van der Waals surface area contributed by atoms with Crippen molar-refractivity contribution in [2.24, 2.45) is 0 Å². The molecule has 26 heavy (non-hydrogen) atoms. The molecule has 0 aliphatic carbocycles. The molecule has 0 saturated carbocycles. The molecule has 2 aromatic rings. The van der Waals surface area contributed by atoms with E-state index in [1.54, 1.807) is 0 Å². The van der Waals surface area contributed by atoms with Crippen LogP contribution in [0.15, 0.2) is 29.6 Å². The number of halogens is 3. The van der Waals surface area contributed by atoms with Crippen LogP contribution in [0.4, 0.5) is 0 Å². The number of carbonyl (C=O) groups is 1. The summed E-state index contributed by atoms with van der Waals surface area (Å²) in [4.78, 5) is 19.6. The first-order valence-electron chi connectivity index (χ1n) is 8.42. The highest BCUT2D eigenvalue weighted by Gasteiger charge is 2.27. The van der Waals surface area contributed by atoms with Gasteiger partial charge >= 0.3 is 0 Å². The van der Waals surface area contributed by atoms with Gasteiger partial charge in [-0.25, -0.2) is 4.98 Å². The Morgan fingerprint density at radius 1 is 1.27 bits per heavy atom. The SMILES string of the molecule is CCCN(C(=O)c1csc(-c2ccc(Cl)cc2)n1)C1CCNCC1.Cl.Cl. The van der Waals surface area contributed by atoms with Crippen LogP contribution >= 0.6 is 47.8 Å². The predicted octanol–water partition coefficient (Wildman–Crippen LogP) is 4.91. The van der Waals surface area contributed by atoms with Crippen LogP contribution in [-0.4, -0.2) is 41.5 Å². The fourth-order valence-electron chi connectivity index (χ4n) is 3.05. The molecule has 4 nitrogen and oxygen atoms in total. The number of rotatable bonds is 5. The Morgan fingerprint density at radius 3 is 2.54 bits per heavy atom. The number of nitrogens with zero attached hydrogens (tertiary/aromatic N) is 2. The van der Waals surface area contributed by atoms with Gasteiger partial charge in [0.05, 0.1) is 0 Å². The van der Waals surface area contributed by atoms with Crippen LogP contribution in [0, 0.1) is 0 Å². The van der Waals surface area contributed by atoms with Crippen LogP contribution in [0.25, 0.3) is 10.6 Å². The zero-order valence-corrected chi connectivity index (χ0v) is 17.8. The van der Waals surface area contributed by atoms with Crippen LogP contribution in [0.2, 0.25) is 5.02 Å². The lowest BCUT2D eigenvalue weighted by Gasteiger charge is -2.34. The smallest absolute Gasteiger partial charge is 0.273 e. The van der Waals surface area contributed by atoms with Gasteiger partial charge < -0.3 is 10.2 Å². The number of aromatic nitrogens is 1. The first kappa shape index (κ1) is 23.2. The lowest BCUT2D eigenvalue weighted by atomic mass is 10.0. The van der Waals surface area contributed by atoms with Crippen molar-refractivity contribution in [1.29, 1.82) is 0 Å². The number of benzene rings is 1. The van der Waals surface area contributed by atoms with Crippen molar-refractivity contribution >= 4 is 53.7 Å². The highest BCUT2D eigenvalue weighted by atomic mass is 35.5. The maximum atomic E-state index is 13.0. The van der Waals surface area contributed by atoms with E-state index in [1.807, 2.05) is 34.5 Å². The number of hydrogen-bond donors (Lipinski definition) is 1. The molecule has 144 valence electrons. The van der Waals surface area contributed by atoms with Gasteiger partial charge in [0, 0.05) is 28.6 Å². The van der Waals surface area contributed by atoms with Crippen LogP contribution in [0.3, 0.4) is 0 Å². The monoisotopic (exact) mass is 435 g/mol. The van der Waals surface area contributed by atoms with Crippen molar-refractivity contribution in [3.63, 3.8) is 0 Å². The highest BCUT2D eigenvalue weighted by Crippen LogP contribution is 2.26. The van der Waals surface area contributed by atoms with Gasteiger partial charge in [-0.3, -0.25) is 4.79 Å². The van der Waals surface area contributed by atoms with Gasteiger partial charge in [0.2, 0.25) is 0 Å². The fraction of sp³-hybridized carbons (Fsp3) is 0.444. The minimum atomic E-state index is 0. The number of carbonyl (C=O) groups excluding carboxylic acids is 1. The molecule has 0 bridgehead atoms. The number of amides is 1. The standard InChI is InChI=1S/C18H22ClN3OS.2ClH/c1-2-11-22(15-7-9-20-10-8-15)18(23)16-12-24-17(21-16)13-3-5-14(19)6-4-13;;/h3-6,12,15,20H,2,7-11H2,1H3;2*1H. The van der Waals surface area contributed by atoms with Crippen LogP contribution in [0.1, 0.15) is 36.7 Å². The quantitative estimate of drug-likeness (QED) is 0.724. The molecule has 0 radical (unpaired) electrons. The maximum Gasteiger partial charge on any atom is 0.273 e. The molecule has 2 heterocycles. The Bertz CT molecular complexity index is 687. The molecule has 1 saturated heterocycles. The van der Waals surface area contributed by atoms with E-state index < -0.39 is 0 Å². The van der Waals surface area contributed by atoms with Crippen molar-refractivity contribution in [2.45, 2.75) is 32.2 Å². The molecule has 1 N–H and O–H groups in total. The van der Waals surface area contributed by atoms with Gasteiger partial charge in [-0.05, 0) is 44.5 Å². The second-order valence-corrected chi connectivity index (χ2v) is 7.32. The van der Waals surface area contributed by atoms with E-state index in [1.165, 1.54) is 11.3 Å². The summed E-state index contributed by atoms with van der Waals surface area (Å²) in [6.45, 7) is 4.86. The maximum absolute atomic E-state index is 13.0. The molecule has 1 amide bonds. The average molecular weight is 437 g/mol. The first-order chi connectivity index (χ1) is 11.7. The topological polar surface area (TPSA) is 45.2 Å². The summed E-state index contributed by atoms with van der Waals surface area (Å²) >= 11 is 7.44. The van der Waals surface area contributed by atoms with E-state index in [2.05, 4.69) is 17.2 Å². The van der Waals surface area contributed by atoms with Crippen LogP contribution in [-0.2, 0) is 0 Å². The van der Waals surface area contributed by atoms with Gasteiger partial charge in [-0.15, -0.1) is 36.2 Å². The predicted molar refractivity (Wildman–Crippen MR) is 114 cm³/mol. The molecule has 1 aromatic carbocycles. The number of thiazole rings is 1. The molecular formula is C18H24Cl3N3OS. The van der Waals surface area contributed by atoms with Gasteiger partial charge in [0.15, 0.2) is 0 Å². The van der Waals surface area contributed by atoms with Crippen molar-refractivity contribution in [3.8, 4) is 10.6 Å². The third-order valence-electron chi connectivity index (χ3n) is 4.29. The van der Waals surface area contributed by atoms with Gasteiger partial charge in [0.25, 0.3) is 5.91 Å². The molecule has 1 aromatic heterocycles. The minimum Gasteiger partial charge on any atom is -0.334 e. The Labute approximate surface area is 176 Å². The van der Waals surface area contributed by atoms with Crippen LogP contribution in [0.5, 0.6) is 0 Å². The summed E-state index contributed by atoms with van der Waals surface area (Å²) < 4.78 is 0. The largest absolute Gasteiger partial charge is 0.334 e. The fourth-order valence-corrected chi connectivity index (χ4v) is 3.98. The molecule has 1 fully saturated rings. The summed E-state index contributed by atoms with van der Waals surface area (Å²) in [5.41, 5.74) is 1.55. The van der Waals surface area contributed by atoms with E-state index in [0.717, 1.165) is 49.5 Å². The lowest BCUT2D eigenvalue weighted by Crippen LogP contribution is -2.46. The third-order valence-corrected chi connectivity index (χ3v) is 5.43. The zero-order chi connectivity index (χ0) is 16.9. The van der Waals surface area contributed by atoms with Crippen molar-refractivity contribution in [1.82, 2.24) is 15.2 Å². The molecule has 0 atom stereocenters. The van der Waals surface area contributed by atoms with Gasteiger partial charge in [-0.2, -0.15) is 0 Å². The number of hydrogen-bond acceptors (Lipinski definition) is 4. The van der Waals surface area contributed by atoms with Crippen molar-refractivity contribution < 1.29 is 4.79 Å². The Balaban J connectivity index is 0.00000169. The summed E-state index contributed by atoms with van der Waals surface area (Å²) in [5.74, 6) is 0.0558. The van der Waals surface area contributed by atoms with Gasteiger partial charge in [0.1, 0.15) is 10.7 Å². The zero-order valence-electron chi connectivity index (χ0n) is 14.6. The van der Waals surface area contributed by atoms with E-state index in [-0.39, 0.29) is 30.7 Å². The molecule has 0 spiro atoms. The Hall–Kier alpha value is -0.850. The molecule has 3 rings (SSSR count). The van der Waals surface area contributed by atoms with E-state index in [4.69, 9.17) is 11.6 Å². The highest BCUT2D eigenvalue weighted by molar-refractivity contribution is 7.13. The molecule has 1 aliphatic heterocycles. The van der Waals surface area contributed by atoms with Crippen molar-refractivity contribution in [3.05, 3.63) is 40.4 Å². The van der Waals surface area contributed by atoms with Crippen LogP contribution < -0.4 is 5.32 Å². The Morgan fingerprint density at radius 2 is 1.92 bits per heavy atom. The summed E-state index contributed by atoms with van der Waals surface area (Å²) in [5, 5.41) is 6.79. The molecule has 8 heteroatoms. The average Bonchev–Trinajstić information content (AvgIpc) is 3.10. The minimum absolute atomic E-state index is 0. The molecular weight excluding hydrogens is 413 g/mol. The Kier molecular flexibility index (Phi) is 9.90. The number of nitrogens with one attached hydrogen (secondary N) is 1. The third kappa shape index (κ3) is 5.57. The summed E-state index contributed by atoms with van der Waals surface area (Å²) in [6, 6.07) is 7.88. The first-order valence-corrected chi connectivity index (χ1v) is 9.68. The summed E-state index contributed by atoms with van der Waals surface area (Å²) in [6.07, 6.45) is 2.99. The normalized spacial score (nSPS) is 14.2. The van der Waals surface area contributed by atoms with E-state index in [9.17, 15) is 4.79 Å². The molecule has 1 aliphatic rings. The molecule has 0 unspecified atom stereocenters. The van der Waals surface area contributed by atoms with E-state index >= 15 is 0 Å². The van der Waals surface area contributed by atoms with Crippen molar-refractivity contribution in [2.75, 3.05) is 19.6 Å². The summed E-state index contributed by atoms with van der Waals surface area (Å²) in [7, 11) is 0. The second-order valence-electron chi connectivity index (χ2n) is 6.02.